The van der Waals surface area contributed by atoms with E-state index in [1.54, 1.807) is 11.8 Å². The molecule has 42 heavy (non-hydrogen) atoms. The lowest BCUT2D eigenvalue weighted by Crippen LogP contribution is -2.53. The number of piperazine rings is 1. The molecular formula is C33H47N5O4. The maximum Gasteiger partial charge on any atom is 0.305 e. The first-order valence-electron chi connectivity index (χ1n) is 16.5. The highest BCUT2D eigenvalue weighted by atomic mass is 16.5. The van der Waals surface area contributed by atoms with Crippen LogP contribution in [0.5, 0.6) is 0 Å². The largest absolute Gasteiger partial charge is 0.466 e. The molecule has 3 saturated heterocycles. The maximum absolute atomic E-state index is 14.2. The van der Waals surface area contributed by atoms with Gasteiger partial charge in [0.15, 0.2) is 5.82 Å². The summed E-state index contributed by atoms with van der Waals surface area (Å²) in [7, 11) is 0. The van der Waals surface area contributed by atoms with E-state index < -0.39 is 0 Å². The molecule has 9 nitrogen and oxygen atoms in total. The van der Waals surface area contributed by atoms with Gasteiger partial charge in [-0.15, -0.1) is 0 Å². The zero-order valence-corrected chi connectivity index (χ0v) is 25.2. The van der Waals surface area contributed by atoms with Crippen LogP contribution in [0.25, 0.3) is 11.0 Å². The molecule has 2 bridgehead atoms. The van der Waals surface area contributed by atoms with E-state index in [9.17, 15) is 14.4 Å². The Kier molecular flexibility index (Phi) is 9.12. The van der Waals surface area contributed by atoms with E-state index in [4.69, 9.17) is 9.72 Å². The monoisotopic (exact) mass is 577 g/mol. The number of piperidine rings is 1. The molecular weight excluding hydrogens is 530 g/mol. The summed E-state index contributed by atoms with van der Waals surface area (Å²) in [6.45, 7) is 3.88. The van der Waals surface area contributed by atoms with Gasteiger partial charge in [0, 0.05) is 50.2 Å². The third-order valence-electron chi connectivity index (χ3n) is 10.1. The Hall–Kier alpha value is -2.94. The molecule has 3 aliphatic heterocycles. The molecule has 2 aromatic rings. The number of ether oxygens (including phenoxy) is 1. The number of aromatic nitrogens is 2. The number of hydrogen-bond donors (Lipinski definition) is 0. The molecule has 4 aliphatic rings. The van der Waals surface area contributed by atoms with Gasteiger partial charge in [-0.25, -0.2) is 4.98 Å². The van der Waals surface area contributed by atoms with E-state index in [-0.39, 0.29) is 30.0 Å². The van der Waals surface area contributed by atoms with Gasteiger partial charge in [-0.1, -0.05) is 44.2 Å². The van der Waals surface area contributed by atoms with E-state index in [0.717, 1.165) is 23.9 Å². The Morgan fingerprint density at radius 1 is 0.905 bits per heavy atom. The lowest BCUT2D eigenvalue weighted by Gasteiger charge is -2.45. The van der Waals surface area contributed by atoms with E-state index in [1.807, 2.05) is 33.7 Å². The molecule has 1 unspecified atom stereocenters. The van der Waals surface area contributed by atoms with Crippen LogP contribution >= 0.6 is 0 Å². The molecule has 0 radical (unpaired) electrons. The number of carbonyl (C=O) groups excluding carboxylic acids is 2. The van der Waals surface area contributed by atoms with Gasteiger partial charge in [0.25, 0.3) is 5.56 Å². The summed E-state index contributed by atoms with van der Waals surface area (Å²) >= 11 is 0. The molecule has 1 aromatic heterocycles. The van der Waals surface area contributed by atoms with Crippen LogP contribution in [0.3, 0.4) is 0 Å². The van der Waals surface area contributed by atoms with Gasteiger partial charge in [-0.2, -0.15) is 0 Å². The van der Waals surface area contributed by atoms with E-state index >= 15 is 0 Å². The van der Waals surface area contributed by atoms with Crippen molar-refractivity contribution in [3.8, 4) is 0 Å². The summed E-state index contributed by atoms with van der Waals surface area (Å²) in [4.78, 5) is 50.4. The van der Waals surface area contributed by atoms with Crippen LogP contribution < -0.4 is 10.5 Å². The molecule has 1 amide bonds. The molecule has 0 N–H and O–H groups in total. The van der Waals surface area contributed by atoms with Crippen molar-refractivity contribution in [3.05, 3.63) is 34.6 Å². The molecule has 6 rings (SSSR count). The second kappa shape index (κ2) is 13.1. The van der Waals surface area contributed by atoms with Gasteiger partial charge in [0.1, 0.15) is 0 Å². The van der Waals surface area contributed by atoms with Crippen molar-refractivity contribution in [1.29, 1.82) is 0 Å². The molecule has 1 aromatic carbocycles. The highest BCUT2D eigenvalue weighted by Gasteiger charge is 2.44. The number of carbonyl (C=O) groups is 2. The smallest absolute Gasteiger partial charge is 0.305 e. The lowest BCUT2D eigenvalue weighted by molar-refractivity contribution is -0.143. The van der Waals surface area contributed by atoms with Crippen molar-refractivity contribution in [2.24, 2.45) is 0 Å². The van der Waals surface area contributed by atoms with E-state index in [0.29, 0.717) is 63.0 Å². The lowest BCUT2D eigenvalue weighted by atomic mass is 9.89. The van der Waals surface area contributed by atoms with Crippen LogP contribution in [0.4, 0.5) is 5.82 Å². The first-order valence-corrected chi connectivity index (χ1v) is 16.5. The first kappa shape index (κ1) is 29.1. The van der Waals surface area contributed by atoms with Crippen molar-refractivity contribution in [3.63, 3.8) is 0 Å². The highest BCUT2D eigenvalue weighted by Crippen LogP contribution is 2.44. The Morgan fingerprint density at radius 3 is 2.33 bits per heavy atom. The van der Waals surface area contributed by atoms with Crippen LogP contribution in [0, 0.1) is 0 Å². The van der Waals surface area contributed by atoms with Crippen LogP contribution in [-0.4, -0.2) is 82.1 Å². The van der Waals surface area contributed by atoms with Gasteiger partial charge < -0.3 is 19.1 Å². The third kappa shape index (κ3) is 6.08. The summed E-state index contributed by atoms with van der Waals surface area (Å²) < 4.78 is 7.04. The number of para-hydroxylation sites is 2. The SMILES string of the molecule is CCOC(=O)CCCN1CCN(c2nc3ccccc3n(C3C[C@H]4CC[C@@H](C3)N4C3CCCCCCC3)c2=O)CC1=O. The average molecular weight is 578 g/mol. The number of anilines is 1. The van der Waals surface area contributed by atoms with Crippen LogP contribution in [0.1, 0.15) is 96.4 Å². The van der Waals surface area contributed by atoms with Crippen molar-refractivity contribution in [2.45, 2.75) is 115 Å². The molecule has 9 heteroatoms. The van der Waals surface area contributed by atoms with Crippen LogP contribution in [0.15, 0.2) is 29.1 Å². The molecule has 228 valence electrons. The van der Waals surface area contributed by atoms with Crippen LogP contribution in [0.2, 0.25) is 0 Å². The second-order valence-corrected chi connectivity index (χ2v) is 12.8. The Balaban J connectivity index is 1.20. The standard InChI is InChI=1S/C33H47N5O4/c1-2-42-31(40)15-10-18-35-19-20-36(23-30(35)39)32-33(41)38(29-14-9-8-13-28(29)34-32)27-21-25-16-17-26(22-27)37(25)24-11-6-4-3-5-7-12-24/h8-9,13-14,24-27H,2-7,10-12,15-23H2,1H3/t25-,26+,27?. The molecule has 4 heterocycles. The Labute approximate surface area is 249 Å². The maximum atomic E-state index is 14.2. The summed E-state index contributed by atoms with van der Waals surface area (Å²) in [6.07, 6.45) is 14.8. The zero-order chi connectivity index (χ0) is 29.1. The minimum absolute atomic E-state index is 0.0310. The van der Waals surface area contributed by atoms with E-state index in [1.165, 1.54) is 57.8 Å². The third-order valence-corrected chi connectivity index (χ3v) is 10.1. The number of benzene rings is 1. The summed E-state index contributed by atoms with van der Waals surface area (Å²) in [5, 5.41) is 0. The minimum atomic E-state index is -0.228. The summed E-state index contributed by atoms with van der Waals surface area (Å²) in [5.74, 6) is 0.132. The second-order valence-electron chi connectivity index (χ2n) is 12.8. The topological polar surface area (TPSA) is 88.0 Å². The quantitative estimate of drug-likeness (QED) is 0.422. The number of amides is 1. The fourth-order valence-corrected chi connectivity index (χ4v) is 8.21. The molecule has 3 atom stereocenters. The first-order chi connectivity index (χ1) is 20.5. The number of esters is 1. The normalized spacial score (nSPS) is 25.9. The number of rotatable bonds is 8. The number of nitrogens with zero attached hydrogens (tertiary/aromatic N) is 5. The summed E-state index contributed by atoms with van der Waals surface area (Å²) in [5.41, 5.74) is 1.64. The fraction of sp³-hybridized carbons (Fsp3) is 0.697. The molecule has 1 saturated carbocycles. The van der Waals surface area contributed by atoms with Crippen molar-refractivity contribution in [1.82, 2.24) is 19.4 Å². The molecule has 4 fully saturated rings. The molecule has 1 aliphatic carbocycles. The minimum Gasteiger partial charge on any atom is -0.466 e. The highest BCUT2D eigenvalue weighted by molar-refractivity contribution is 5.83. The van der Waals surface area contributed by atoms with Gasteiger partial charge in [-0.3, -0.25) is 19.3 Å². The summed E-state index contributed by atoms with van der Waals surface area (Å²) in [6, 6.07) is 9.92. The average Bonchev–Trinajstić information content (AvgIpc) is 3.22. The predicted octanol–water partition coefficient (Wildman–Crippen LogP) is 4.67. The number of fused-ring (bicyclic) bond motifs is 3. The predicted molar refractivity (Wildman–Crippen MR) is 164 cm³/mol. The Bertz CT molecular complexity index is 1310. The fourth-order valence-electron chi connectivity index (χ4n) is 8.21. The van der Waals surface area contributed by atoms with Gasteiger partial charge in [0.2, 0.25) is 5.91 Å². The van der Waals surface area contributed by atoms with Gasteiger partial charge in [0.05, 0.1) is 24.2 Å². The van der Waals surface area contributed by atoms with Gasteiger partial charge >= 0.3 is 5.97 Å². The van der Waals surface area contributed by atoms with Crippen LogP contribution in [-0.2, 0) is 14.3 Å². The van der Waals surface area contributed by atoms with Crippen molar-refractivity contribution >= 4 is 28.7 Å². The van der Waals surface area contributed by atoms with E-state index in [2.05, 4.69) is 4.90 Å². The molecule has 0 spiro atoms. The van der Waals surface area contributed by atoms with Gasteiger partial charge in [-0.05, 0) is 64.0 Å². The zero-order valence-electron chi connectivity index (χ0n) is 25.2. The van der Waals surface area contributed by atoms with Crippen molar-refractivity contribution in [2.75, 3.05) is 37.7 Å². The Morgan fingerprint density at radius 2 is 1.62 bits per heavy atom. The van der Waals surface area contributed by atoms with Crippen molar-refractivity contribution < 1.29 is 14.3 Å². The number of hydrogen-bond acceptors (Lipinski definition) is 7.